The van der Waals surface area contributed by atoms with Gasteiger partial charge in [0, 0.05) is 26.3 Å². The third kappa shape index (κ3) is 12.3. The lowest BCUT2D eigenvalue weighted by Gasteiger charge is -2.25. The van der Waals surface area contributed by atoms with E-state index in [0.717, 1.165) is 48.1 Å². The van der Waals surface area contributed by atoms with Crippen molar-refractivity contribution >= 4 is 24.1 Å². The van der Waals surface area contributed by atoms with E-state index in [0.29, 0.717) is 31.0 Å². The zero-order valence-corrected chi connectivity index (χ0v) is 31.5. The number of carboxylic acid groups (broad SMARTS) is 1. The van der Waals surface area contributed by atoms with E-state index >= 15 is 0 Å². The molecular weight excluding hydrogens is 678 g/mol. The van der Waals surface area contributed by atoms with Gasteiger partial charge in [-0.05, 0) is 118 Å². The van der Waals surface area contributed by atoms with Crippen molar-refractivity contribution in [3.05, 3.63) is 80.9 Å². The van der Waals surface area contributed by atoms with Crippen molar-refractivity contribution in [3.8, 4) is 23.0 Å². The van der Waals surface area contributed by atoms with Gasteiger partial charge in [-0.3, -0.25) is 9.59 Å². The summed E-state index contributed by atoms with van der Waals surface area (Å²) in [4.78, 5) is 29.5. The summed E-state index contributed by atoms with van der Waals surface area (Å²) < 4.78 is 49.3. The average Bonchev–Trinajstić information content (AvgIpc) is 3.46. The lowest BCUT2D eigenvalue weighted by molar-refractivity contribution is -0.138. The fourth-order valence-corrected chi connectivity index (χ4v) is 6.26. The molecule has 51 heavy (non-hydrogen) atoms. The molecule has 2 unspecified atom stereocenters. The maximum atomic E-state index is 14.0. The number of carbonyl (C=O) groups is 2. The van der Waals surface area contributed by atoms with Gasteiger partial charge in [-0.15, -0.1) is 0 Å². The maximum Gasteiger partial charge on any atom is 0.416 e. The molecule has 1 aromatic carbocycles. The summed E-state index contributed by atoms with van der Waals surface area (Å²) in [5.41, 5.74) is 4.23. The first-order chi connectivity index (χ1) is 23.8. The molecule has 0 saturated carbocycles. The van der Waals surface area contributed by atoms with Gasteiger partial charge in [0.25, 0.3) is 5.97 Å². The minimum Gasteiger partial charge on any atom is -0.481 e. The van der Waals surface area contributed by atoms with E-state index in [1.165, 1.54) is 10.8 Å². The Bertz CT molecular complexity index is 1800. The van der Waals surface area contributed by atoms with Crippen LogP contribution in [0.5, 0.6) is 0 Å². The number of pyridine rings is 2. The summed E-state index contributed by atoms with van der Waals surface area (Å²) in [6.45, 7) is 12.3. The van der Waals surface area contributed by atoms with Gasteiger partial charge in [0.05, 0.1) is 17.8 Å². The molecule has 1 amide bonds. The van der Waals surface area contributed by atoms with Crippen LogP contribution in [0.4, 0.5) is 13.2 Å². The first kappa shape index (κ1) is 41.4. The lowest BCUT2D eigenvalue weighted by Crippen LogP contribution is -2.34. The number of likely N-dealkylation sites (N-methyl/N-ethyl adjacent to an activating group) is 1. The molecular formula is C39H49F3N4O4S. The quantitative estimate of drug-likeness (QED) is 0.162. The first-order valence-corrected chi connectivity index (χ1v) is 17.4. The SMILES string of the molecule is CC(=O)O.Cc1cccc(C)c1-c1cc(C#CC2(C)CCCO2)nc(CNC(=O)C(CC(C)C)n2cc(CCN(C)C)c(C(F)(F)F)cc2=S)c1. The Labute approximate surface area is 304 Å². The molecule has 1 aliphatic rings. The van der Waals surface area contributed by atoms with E-state index in [4.69, 9.17) is 31.8 Å². The van der Waals surface area contributed by atoms with Crippen LogP contribution in [-0.4, -0.2) is 64.3 Å². The highest BCUT2D eigenvalue weighted by Crippen LogP contribution is 2.34. The Kier molecular flexibility index (Phi) is 14.5. The van der Waals surface area contributed by atoms with E-state index in [2.05, 4.69) is 43.1 Å². The topological polar surface area (TPSA) is 96.7 Å². The van der Waals surface area contributed by atoms with Gasteiger partial charge in [-0.2, -0.15) is 13.2 Å². The molecule has 12 heteroatoms. The number of ether oxygens (including phenoxy) is 1. The standard InChI is InChI=1S/C37H45F3N4O2S.C2H4O2/c1-24(2)18-32(44-23-27(13-16-43(6)7)31(21-33(44)47)37(38,39)40)35(45)41-22-30-20-28(34-25(3)10-8-11-26(34)4)19-29(42-30)12-15-36(5)14-9-17-46-36;1-2(3)4/h8,10-11,19-21,23-24,32H,9,13-14,16-18,22H2,1-7H3,(H,41,45);1H3,(H,3,4). The van der Waals surface area contributed by atoms with Gasteiger partial charge in [-0.1, -0.05) is 50.2 Å². The predicted octanol–water partition coefficient (Wildman–Crippen LogP) is 7.93. The molecule has 2 aromatic heterocycles. The zero-order chi connectivity index (χ0) is 38.1. The van der Waals surface area contributed by atoms with Gasteiger partial charge in [0.1, 0.15) is 22.0 Å². The fourth-order valence-electron chi connectivity index (χ4n) is 5.96. The van der Waals surface area contributed by atoms with E-state index in [9.17, 15) is 18.0 Å². The number of nitrogens with zero attached hydrogens (tertiary/aromatic N) is 3. The molecule has 4 rings (SSSR count). The van der Waals surface area contributed by atoms with Crippen LogP contribution in [0.3, 0.4) is 0 Å². The number of aromatic nitrogens is 2. The number of amides is 1. The van der Waals surface area contributed by atoms with Crippen LogP contribution in [0.25, 0.3) is 11.1 Å². The normalized spacial score (nSPS) is 16.3. The summed E-state index contributed by atoms with van der Waals surface area (Å²) in [6.07, 6.45) is -0.783. The Morgan fingerprint density at radius 3 is 2.37 bits per heavy atom. The number of alkyl halides is 3. The van der Waals surface area contributed by atoms with Gasteiger partial charge >= 0.3 is 6.18 Å². The Balaban J connectivity index is 0.00000166. The largest absolute Gasteiger partial charge is 0.481 e. The molecule has 3 heterocycles. The number of aryl methyl sites for hydroxylation is 2. The second-order valence-corrected chi connectivity index (χ2v) is 14.2. The summed E-state index contributed by atoms with van der Waals surface area (Å²) in [7, 11) is 3.61. The number of carboxylic acids is 1. The van der Waals surface area contributed by atoms with Gasteiger partial charge in [0.2, 0.25) is 5.91 Å². The lowest BCUT2D eigenvalue weighted by atomic mass is 9.95. The number of hydrogen-bond donors (Lipinski definition) is 2. The van der Waals surface area contributed by atoms with Crippen LogP contribution in [0.15, 0.2) is 42.6 Å². The van der Waals surface area contributed by atoms with Crippen molar-refractivity contribution in [3.63, 3.8) is 0 Å². The minimum atomic E-state index is -4.56. The number of aliphatic carboxylic acids is 1. The third-order valence-corrected chi connectivity index (χ3v) is 8.72. The zero-order valence-electron chi connectivity index (χ0n) is 30.7. The predicted molar refractivity (Wildman–Crippen MR) is 196 cm³/mol. The summed E-state index contributed by atoms with van der Waals surface area (Å²) >= 11 is 5.46. The Morgan fingerprint density at radius 2 is 1.82 bits per heavy atom. The second kappa shape index (κ2) is 17.9. The number of rotatable bonds is 10. The molecule has 1 fully saturated rings. The highest BCUT2D eigenvalue weighted by atomic mass is 32.1. The molecule has 1 saturated heterocycles. The van der Waals surface area contributed by atoms with Crippen LogP contribution in [0.2, 0.25) is 0 Å². The first-order valence-electron chi connectivity index (χ1n) is 17.0. The molecule has 0 radical (unpaired) electrons. The average molecular weight is 727 g/mol. The number of carbonyl (C=O) groups excluding carboxylic acids is 1. The number of hydrogen-bond acceptors (Lipinski definition) is 6. The van der Waals surface area contributed by atoms with Gasteiger partial charge < -0.3 is 24.6 Å². The molecule has 2 N–H and O–H groups in total. The highest BCUT2D eigenvalue weighted by molar-refractivity contribution is 7.71. The van der Waals surface area contributed by atoms with E-state index in [1.54, 1.807) is 14.1 Å². The second-order valence-electron chi connectivity index (χ2n) is 13.8. The monoisotopic (exact) mass is 726 g/mol. The van der Waals surface area contributed by atoms with E-state index in [1.807, 2.05) is 43.9 Å². The summed E-state index contributed by atoms with van der Waals surface area (Å²) in [5, 5.41) is 10.4. The molecule has 0 spiro atoms. The van der Waals surface area contributed by atoms with Crippen molar-refractivity contribution in [1.82, 2.24) is 19.8 Å². The van der Waals surface area contributed by atoms with Gasteiger partial charge in [-0.25, -0.2) is 4.98 Å². The van der Waals surface area contributed by atoms with Crippen LogP contribution in [-0.2, 0) is 33.5 Å². The molecule has 1 aliphatic heterocycles. The van der Waals surface area contributed by atoms with Crippen molar-refractivity contribution in [2.75, 3.05) is 27.2 Å². The van der Waals surface area contributed by atoms with Gasteiger partial charge in [0.15, 0.2) is 0 Å². The van der Waals surface area contributed by atoms with Crippen LogP contribution in [0.1, 0.15) is 86.6 Å². The van der Waals surface area contributed by atoms with Crippen LogP contribution < -0.4 is 5.32 Å². The van der Waals surface area contributed by atoms with Crippen molar-refractivity contribution in [2.24, 2.45) is 5.92 Å². The Morgan fingerprint density at radius 1 is 1.18 bits per heavy atom. The Hall–Kier alpha value is -4.05. The molecule has 276 valence electrons. The molecule has 8 nitrogen and oxygen atoms in total. The van der Waals surface area contributed by atoms with Crippen LogP contribution in [0, 0.1) is 36.2 Å². The number of halogens is 3. The molecule has 0 aliphatic carbocycles. The molecule has 3 aromatic rings. The van der Waals surface area contributed by atoms with Crippen molar-refractivity contribution < 1.29 is 32.6 Å². The number of benzene rings is 1. The summed E-state index contributed by atoms with van der Waals surface area (Å²) in [5.74, 6) is 5.38. The molecule has 0 bridgehead atoms. The molecule has 2 atom stereocenters. The maximum absolute atomic E-state index is 14.0. The minimum absolute atomic E-state index is 0.0398. The van der Waals surface area contributed by atoms with Crippen molar-refractivity contribution in [1.29, 1.82) is 0 Å². The fraction of sp³-hybridized carbons (Fsp3) is 0.487. The highest BCUT2D eigenvalue weighted by Gasteiger charge is 2.35. The smallest absolute Gasteiger partial charge is 0.416 e. The van der Waals surface area contributed by atoms with Crippen LogP contribution >= 0.6 is 12.2 Å². The summed E-state index contributed by atoms with van der Waals surface area (Å²) in [6, 6.07) is 10.2. The van der Waals surface area contributed by atoms with Crippen molar-refractivity contribution in [2.45, 2.75) is 91.6 Å². The number of nitrogens with one attached hydrogen (secondary N) is 1. The van der Waals surface area contributed by atoms with E-state index < -0.39 is 29.4 Å². The third-order valence-electron chi connectivity index (χ3n) is 8.40. The van der Waals surface area contributed by atoms with E-state index in [-0.39, 0.29) is 35.0 Å².